The van der Waals surface area contributed by atoms with Gasteiger partial charge >= 0.3 is 6.36 Å². The molecule has 120 valence electrons. The van der Waals surface area contributed by atoms with E-state index in [1.165, 1.54) is 24.5 Å². The number of aromatic amines is 1. The number of aromatic nitrogens is 1. The number of alkyl halides is 3. The van der Waals surface area contributed by atoms with Gasteiger partial charge in [0, 0.05) is 17.5 Å². The Morgan fingerprint density at radius 2 is 2.00 bits per heavy atom. The summed E-state index contributed by atoms with van der Waals surface area (Å²) in [6.45, 7) is 0. The first-order valence-corrected chi connectivity index (χ1v) is 7.64. The Balaban J connectivity index is 2.55. The molecule has 23 heavy (non-hydrogen) atoms. The van der Waals surface area contributed by atoms with Crippen molar-refractivity contribution in [3.8, 4) is 23.1 Å². The van der Waals surface area contributed by atoms with E-state index in [-0.39, 0.29) is 21.7 Å². The molecule has 0 amide bonds. The number of ether oxygens (including phenoxy) is 1. The molecule has 0 radical (unpaired) electrons. The number of nitrogens with zero attached hydrogens (tertiary/aromatic N) is 1. The Kier molecular flexibility index (Phi) is 4.56. The summed E-state index contributed by atoms with van der Waals surface area (Å²) in [4.78, 5) is 14.2. The second-order valence-electron chi connectivity index (χ2n) is 4.39. The summed E-state index contributed by atoms with van der Waals surface area (Å²) < 4.78 is 52.2. The van der Waals surface area contributed by atoms with Crippen LogP contribution in [0.2, 0.25) is 0 Å². The SMILES string of the molecule is C[S@@](=O)c1cc(-c2cccc(OC(F)(F)F)c2)[nH]c(=O)c1C#N. The summed E-state index contributed by atoms with van der Waals surface area (Å²) in [6, 6.07) is 7.90. The molecule has 9 heteroatoms. The molecular formula is C14H9F3N2O3S. The average molecular weight is 342 g/mol. The zero-order valence-electron chi connectivity index (χ0n) is 11.6. The predicted molar refractivity (Wildman–Crippen MR) is 76.2 cm³/mol. The number of H-pyrrole nitrogens is 1. The van der Waals surface area contributed by atoms with E-state index in [0.717, 1.165) is 12.1 Å². The van der Waals surface area contributed by atoms with Gasteiger partial charge in [-0.2, -0.15) is 5.26 Å². The standard InChI is InChI=1S/C14H9F3N2O3S/c1-23(21)12-6-11(19-13(20)10(12)7-18)8-3-2-4-9(5-8)22-14(15,16)17/h2-6H,1H3,(H,19,20)/t23-/m1/s1. The van der Waals surface area contributed by atoms with Crippen molar-refractivity contribution in [1.29, 1.82) is 5.26 Å². The lowest BCUT2D eigenvalue weighted by atomic mass is 10.1. The van der Waals surface area contributed by atoms with Crippen LogP contribution < -0.4 is 10.3 Å². The van der Waals surface area contributed by atoms with Crippen LogP contribution in [-0.2, 0) is 10.8 Å². The van der Waals surface area contributed by atoms with Crippen molar-refractivity contribution in [2.24, 2.45) is 0 Å². The van der Waals surface area contributed by atoms with Crippen LogP contribution >= 0.6 is 0 Å². The molecule has 0 spiro atoms. The minimum atomic E-state index is -4.84. The first kappa shape index (κ1) is 16.8. The first-order chi connectivity index (χ1) is 10.7. The first-order valence-electron chi connectivity index (χ1n) is 6.08. The fourth-order valence-corrected chi connectivity index (χ4v) is 2.59. The highest BCUT2D eigenvalue weighted by Gasteiger charge is 2.31. The van der Waals surface area contributed by atoms with Crippen molar-refractivity contribution >= 4 is 10.8 Å². The third-order valence-electron chi connectivity index (χ3n) is 2.80. The normalized spacial score (nSPS) is 12.5. The van der Waals surface area contributed by atoms with Crippen molar-refractivity contribution in [1.82, 2.24) is 4.98 Å². The summed E-state index contributed by atoms with van der Waals surface area (Å²) in [5.74, 6) is -0.459. The van der Waals surface area contributed by atoms with Crippen molar-refractivity contribution in [3.63, 3.8) is 0 Å². The molecule has 5 nitrogen and oxygen atoms in total. The lowest BCUT2D eigenvalue weighted by Gasteiger charge is -2.10. The van der Waals surface area contributed by atoms with Gasteiger partial charge in [0.2, 0.25) is 0 Å². The van der Waals surface area contributed by atoms with Gasteiger partial charge in [0.25, 0.3) is 5.56 Å². The van der Waals surface area contributed by atoms with Crippen LogP contribution in [0.5, 0.6) is 5.75 Å². The molecule has 1 atom stereocenters. The van der Waals surface area contributed by atoms with E-state index in [1.807, 2.05) is 0 Å². The second kappa shape index (κ2) is 6.26. The largest absolute Gasteiger partial charge is 0.573 e. The van der Waals surface area contributed by atoms with Gasteiger partial charge < -0.3 is 9.72 Å². The van der Waals surface area contributed by atoms with E-state index in [0.29, 0.717) is 0 Å². The highest BCUT2D eigenvalue weighted by Crippen LogP contribution is 2.27. The predicted octanol–water partition coefficient (Wildman–Crippen LogP) is 2.55. The maximum Gasteiger partial charge on any atom is 0.573 e. The molecule has 0 unspecified atom stereocenters. The van der Waals surface area contributed by atoms with Crippen molar-refractivity contribution < 1.29 is 22.1 Å². The van der Waals surface area contributed by atoms with Crippen LogP contribution in [0.3, 0.4) is 0 Å². The molecule has 0 saturated carbocycles. The van der Waals surface area contributed by atoms with Gasteiger partial charge in [-0.3, -0.25) is 9.00 Å². The number of halogens is 3. The number of hydrogen-bond acceptors (Lipinski definition) is 4. The summed E-state index contributed by atoms with van der Waals surface area (Å²) in [6.07, 6.45) is -3.55. The Hall–Kier alpha value is -2.60. The zero-order chi connectivity index (χ0) is 17.2. The van der Waals surface area contributed by atoms with Gasteiger partial charge in [0.1, 0.15) is 17.4 Å². The van der Waals surface area contributed by atoms with Gasteiger partial charge in [0.05, 0.1) is 15.7 Å². The molecule has 0 aliphatic carbocycles. The Morgan fingerprint density at radius 1 is 1.30 bits per heavy atom. The van der Waals surface area contributed by atoms with E-state index >= 15 is 0 Å². The van der Waals surface area contributed by atoms with Crippen LogP contribution in [-0.4, -0.2) is 21.8 Å². The summed E-state index contributed by atoms with van der Waals surface area (Å²) in [7, 11) is -1.61. The topological polar surface area (TPSA) is 83.0 Å². The molecule has 2 rings (SSSR count). The van der Waals surface area contributed by atoms with E-state index in [9.17, 15) is 22.2 Å². The van der Waals surface area contributed by atoms with Crippen molar-refractivity contribution in [2.75, 3.05) is 6.26 Å². The Bertz CT molecular complexity index is 869. The molecule has 2 aromatic rings. The number of hydrogen-bond donors (Lipinski definition) is 1. The van der Waals surface area contributed by atoms with Crippen LogP contribution in [0.4, 0.5) is 13.2 Å². The quantitative estimate of drug-likeness (QED) is 0.929. The third kappa shape index (κ3) is 3.98. The molecule has 0 aliphatic rings. The fraction of sp³-hybridized carbons (Fsp3) is 0.143. The minimum absolute atomic E-state index is 0.00777. The maximum absolute atomic E-state index is 12.3. The van der Waals surface area contributed by atoms with E-state index in [4.69, 9.17) is 5.26 Å². The van der Waals surface area contributed by atoms with Gasteiger partial charge in [-0.1, -0.05) is 12.1 Å². The van der Waals surface area contributed by atoms with E-state index in [1.54, 1.807) is 6.07 Å². The lowest BCUT2D eigenvalue weighted by molar-refractivity contribution is -0.274. The number of rotatable bonds is 3. The summed E-state index contributed by atoms with van der Waals surface area (Å²) >= 11 is 0. The molecule has 0 saturated heterocycles. The Morgan fingerprint density at radius 3 is 2.57 bits per heavy atom. The molecule has 1 aromatic carbocycles. The zero-order valence-corrected chi connectivity index (χ0v) is 12.4. The smallest absolute Gasteiger partial charge is 0.406 e. The average Bonchev–Trinajstić information content (AvgIpc) is 2.44. The molecule has 1 N–H and O–H groups in total. The summed E-state index contributed by atoms with van der Waals surface area (Å²) in [5.41, 5.74) is -0.707. The van der Waals surface area contributed by atoms with Gasteiger partial charge in [-0.25, -0.2) is 0 Å². The Labute approximate surface area is 130 Å². The number of nitrogens with one attached hydrogen (secondary N) is 1. The lowest BCUT2D eigenvalue weighted by Crippen LogP contribution is -2.17. The van der Waals surface area contributed by atoms with E-state index < -0.39 is 28.5 Å². The van der Waals surface area contributed by atoms with Gasteiger partial charge in [-0.15, -0.1) is 13.2 Å². The molecule has 1 aromatic heterocycles. The highest BCUT2D eigenvalue weighted by molar-refractivity contribution is 7.84. The van der Waals surface area contributed by atoms with Crippen LogP contribution in [0.15, 0.2) is 40.0 Å². The second-order valence-corrected chi connectivity index (χ2v) is 5.74. The molecule has 0 fully saturated rings. The minimum Gasteiger partial charge on any atom is -0.406 e. The highest BCUT2D eigenvalue weighted by atomic mass is 32.2. The summed E-state index contributed by atoms with van der Waals surface area (Å²) in [5, 5.41) is 8.93. The molecule has 0 bridgehead atoms. The van der Waals surface area contributed by atoms with Crippen molar-refractivity contribution in [3.05, 3.63) is 46.2 Å². The fourth-order valence-electron chi connectivity index (χ4n) is 1.88. The molecule has 1 heterocycles. The van der Waals surface area contributed by atoms with Gasteiger partial charge in [0.15, 0.2) is 0 Å². The van der Waals surface area contributed by atoms with E-state index in [2.05, 4.69) is 9.72 Å². The molecular weight excluding hydrogens is 333 g/mol. The van der Waals surface area contributed by atoms with Gasteiger partial charge in [-0.05, 0) is 18.2 Å². The monoisotopic (exact) mass is 342 g/mol. The number of nitriles is 1. The maximum atomic E-state index is 12.3. The van der Waals surface area contributed by atoms with Crippen LogP contribution in [0.25, 0.3) is 11.3 Å². The van der Waals surface area contributed by atoms with Crippen molar-refractivity contribution in [2.45, 2.75) is 11.3 Å². The van der Waals surface area contributed by atoms with Crippen LogP contribution in [0, 0.1) is 11.3 Å². The number of benzene rings is 1. The molecule has 0 aliphatic heterocycles. The third-order valence-corrected chi connectivity index (χ3v) is 3.74. The van der Waals surface area contributed by atoms with Crippen LogP contribution in [0.1, 0.15) is 5.56 Å². The number of pyridine rings is 1.